The third-order valence-electron chi connectivity index (χ3n) is 6.68. The second kappa shape index (κ2) is 11.1. The molecule has 0 fully saturated rings. The summed E-state index contributed by atoms with van der Waals surface area (Å²) in [7, 11) is 0. The fourth-order valence-corrected chi connectivity index (χ4v) is 4.98. The molecule has 4 aromatic rings. The van der Waals surface area contributed by atoms with Gasteiger partial charge in [0, 0.05) is 18.9 Å². The van der Waals surface area contributed by atoms with Crippen LogP contribution >= 0.6 is 0 Å². The van der Waals surface area contributed by atoms with E-state index in [2.05, 4.69) is 88.2 Å². The SMILES string of the molecule is O=C(O)C1=CC(CCCCNc2nccn2C(c2ccccc2)(c2ccccc2)c2ccccc2)ON1. The predicted molar refractivity (Wildman–Crippen MR) is 143 cm³/mol. The van der Waals surface area contributed by atoms with E-state index in [-0.39, 0.29) is 11.8 Å². The van der Waals surface area contributed by atoms with Crippen LogP contribution in [-0.2, 0) is 15.2 Å². The van der Waals surface area contributed by atoms with E-state index in [9.17, 15) is 4.79 Å². The fraction of sp³-hybridized carbons (Fsp3) is 0.200. The molecule has 188 valence electrons. The highest BCUT2D eigenvalue weighted by Crippen LogP contribution is 2.42. The van der Waals surface area contributed by atoms with Gasteiger partial charge in [-0.15, -0.1) is 0 Å². The number of hydrogen-bond donors (Lipinski definition) is 3. The van der Waals surface area contributed by atoms with E-state index in [1.807, 2.05) is 30.6 Å². The van der Waals surface area contributed by atoms with Crippen molar-refractivity contribution < 1.29 is 14.7 Å². The van der Waals surface area contributed by atoms with Gasteiger partial charge in [-0.3, -0.25) is 14.9 Å². The number of hydrogen-bond acceptors (Lipinski definition) is 5. The molecule has 0 aliphatic carbocycles. The molecule has 5 rings (SSSR count). The zero-order valence-corrected chi connectivity index (χ0v) is 20.5. The number of imidazole rings is 1. The van der Waals surface area contributed by atoms with Gasteiger partial charge < -0.3 is 10.4 Å². The highest BCUT2D eigenvalue weighted by atomic mass is 16.7. The Bertz CT molecular complexity index is 1240. The molecule has 0 saturated heterocycles. The molecular formula is C30H30N4O3. The molecule has 0 bridgehead atoms. The third-order valence-corrected chi connectivity index (χ3v) is 6.68. The molecule has 37 heavy (non-hydrogen) atoms. The Kier molecular flexibility index (Phi) is 7.33. The van der Waals surface area contributed by atoms with Gasteiger partial charge in [0.2, 0.25) is 5.95 Å². The number of benzene rings is 3. The monoisotopic (exact) mass is 494 g/mol. The zero-order valence-electron chi connectivity index (χ0n) is 20.5. The summed E-state index contributed by atoms with van der Waals surface area (Å²) >= 11 is 0. The molecule has 3 N–H and O–H groups in total. The van der Waals surface area contributed by atoms with E-state index in [1.165, 1.54) is 0 Å². The highest BCUT2D eigenvalue weighted by molar-refractivity contribution is 5.86. The summed E-state index contributed by atoms with van der Waals surface area (Å²) in [5, 5.41) is 12.6. The Balaban J connectivity index is 1.42. The number of carbonyl (C=O) groups is 1. The predicted octanol–water partition coefficient (Wildman–Crippen LogP) is 5.18. The molecule has 3 aromatic carbocycles. The van der Waals surface area contributed by atoms with Crippen molar-refractivity contribution in [1.29, 1.82) is 0 Å². The minimum atomic E-state index is -1.00. The van der Waals surface area contributed by atoms with Gasteiger partial charge in [-0.25, -0.2) is 9.78 Å². The van der Waals surface area contributed by atoms with Gasteiger partial charge >= 0.3 is 5.97 Å². The minimum absolute atomic E-state index is 0.101. The molecule has 2 heterocycles. The Labute approximate surface area is 216 Å². The van der Waals surface area contributed by atoms with E-state index in [4.69, 9.17) is 14.9 Å². The quantitative estimate of drug-likeness (QED) is 0.197. The number of hydroxylamine groups is 1. The number of carboxylic acid groups (broad SMARTS) is 1. The van der Waals surface area contributed by atoms with Gasteiger partial charge in [0.1, 0.15) is 17.3 Å². The van der Waals surface area contributed by atoms with Crippen molar-refractivity contribution in [3.8, 4) is 0 Å². The van der Waals surface area contributed by atoms with Gasteiger partial charge in [0.25, 0.3) is 0 Å². The first-order chi connectivity index (χ1) is 18.2. The van der Waals surface area contributed by atoms with Crippen molar-refractivity contribution in [2.75, 3.05) is 11.9 Å². The van der Waals surface area contributed by atoms with Crippen molar-refractivity contribution in [1.82, 2.24) is 15.0 Å². The van der Waals surface area contributed by atoms with E-state index in [1.54, 1.807) is 6.08 Å². The molecule has 1 unspecified atom stereocenters. The molecule has 1 atom stereocenters. The first-order valence-corrected chi connectivity index (χ1v) is 12.5. The van der Waals surface area contributed by atoms with E-state index in [0.29, 0.717) is 0 Å². The number of unbranched alkanes of at least 4 members (excludes halogenated alkanes) is 1. The third kappa shape index (κ3) is 4.99. The van der Waals surface area contributed by atoms with Gasteiger partial charge in [0.15, 0.2) is 0 Å². The van der Waals surface area contributed by atoms with Crippen LogP contribution in [0.1, 0.15) is 36.0 Å². The standard InChI is InChI=1S/C30H30N4O3/c35-28(36)27-22-26(37-33-27)18-10-11-19-31-29-32-20-21-34(29)30(23-12-4-1-5-13-23,24-14-6-2-7-15-24)25-16-8-3-9-17-25/h1-9,12-17,20-22,26,33H,10-11,18-19H2,(H,31,32)(H,35,36). The Morgan fingerprint density at radius 1 is 0.919 bits per heavy atom. The lowest BCUT2D eigenvalue weighted by atomic mass is 9.76. The normalized spacial score (nSPS) is 15.1. The van der Waals surface area contributed by atoms with Crippen molar-refractivity contribution in [2.45, 2.75) is 30.9 Å². The lowest BCUT2D eigenvalue weighted by molar-refractivity contribution is -0.134. The summed E-state index contributed by atoms with van der Waals surface area (Å²) in [6.07, 6.45) is 7.77. The number of nitrogens with one attached hydrogen (secondary N) is 2. The summed E-state index contributed by atoms with van der Waals surface area (Å²) in [4.78, 5) is 21.1. The molecular weight excluding hydrogens is 464 g/mol. The minimum Gasteiger partial charge on any atom is -0.477 e. The number of aromatic nitrogens is 2. The van der Waals surface area contributed by atoms with Crippen LogP contribution in [0.25, 0.3) is 0 Å². The largest absolute Gasteiger partial charge is 0.477 e. The lowest BCUT2D eigenvalue weighted by Gasteiger charge is -2.38. The van der Waals surface area contributed by atoms with Crippen LogP contribution in [0.2, 0.25) is 0 Å². The van der Waals surface area contributed by atoms with Crippen molar-refractivity contribution in [3.63, 3.8) is 0 Å². The molecule has 0 radical (unpaired) electrons. The molecule has 1 aliphatic heterocycles. The maximum atomic E-state index is 11.0. The van der Waals surface area contributed by atoms with Crippen LogP contribution in [-0.4, -0.2) is 33.3 Å². The molecule has 0 amide bonds. The van der Waals surface area contributed by atoms with Gasteiger partial charge in [-0.1, -0.05) is 91.0 Å². The Morgan fingerprint density at radius 2 is 1.49 bits per heavy atom. The summed E-state index contributed by atoms with van der Waals surface area (Å²) in [5.41, 5.74) is 5.37. The second-order valence-corrected chi connectivity index (χ2v) is 9.00. The van der Waals surface area contributed by atoms with Crippen LogP contribution in [0.4, 0.5) is 5.95 Å². The van der Waals surface area contributed by atoms with Crippen LogP contribution in [0, 0.1) is 0 Å². The van der Waals surface area contributed by atoms with E-state index < -0.39 is 11.5 Å². The summed E-state index contributed by atoms with van der Waals surface area (Å²) in [6, 6.07) is 31.5. The van der Waals surface area contributed by atoms with Gasteiger partial charge in [-0.2, -0.15) is 0 Å². The van der Waals surface area contributed by atoms with Crippen molar-refractivity contribution in [3.05, 3.63) is 132 Å². The maximum absolute atomic E-state index is 11.0. The summed E-state index contributed by atoms with van der Waals surface area (Å²) < 4.78 is 2.22. The average molecular weight is 495 g/mol. The maximum Gasteiger partial charge on any atom is 0.354 e. The van der Waals surface area contributed by atoms with Crippen LogP contribution < -0.4 is 10.8 Å². The molecule has 7 nitrogen and oxygen atoms in total. The van der Waals surface area contributed by atoms with Crippen molar-refractivity contribution >= 4 is 11.9 Å². The van der Waals surface area contributed by atoms with E-state index in [0.717, 1.165) is 48.4 Å². The number of aliphatic carboxylic acids is 1. The second-order valence-electron chi connectivity index (χ2n) is 9.00. The van der Waals surface area contributed by atoms with Gasteiger partial charge in [-0.05, 0) is 42.0 Å². The average Bonchev–Trinajstić information content (AvgIpc) is 3.62. The van der Waals surface area contributed by atoms with E-state index >= 15 is 0 Å². The van der Waals surface area contributed by atoms with Crippen molar-refractivity contribution in [2.24, 2.45) is 0 Å². The zero-order chi connectivity index (χ0) is 25.5. The number of nitrogens with zero attached hydrogens (tertiary/aromatic N) is 2. The fourth-order valence-electron chi connectivity index (χ4n) is 4.98. The van der Waals surface area contributed by atoms with Crippen LogP contribution in [0.15, 0.2) is 115 Å². The smallest absolute Gasteiger partial charge is 0.354 e. The summed E-state index contributed by atoms with van der Waals surface area (Å²) in [5.74, 6) is -0.224. The Morgan fingerprint density at radius 3 is 2.00 bits per heavy atom. The number of carboxylic acids is 1. The first-order valence-electron chi connectivity index (χ1n) is 12.5. The molecule has 0 spiro atoms. The summed E-state index contributed by atoms with van der Waals surface area (Å²) in [6.45, 7) is 0.723. The lowest BCUT2D eigenvalue weighted by Crippen LogP contribution is -2.38. The molecule has 1 aromatic heterocycles. The number of rotatable bonds is 11. The first kappa shape index (κ1) is 24.3. The molecule has 1 aliphatic rings. The highest BCUT2D eigenvalue weighted by Gasteiger charge is 2.39. The molecule has 7 heteroatoms. The Hall–Kier alpha value is -4.36. The molecule has 0 saturated carbocycles. The topological polar surface area (TPSA) is 88.4 Å². The van der Waals surface area contributed by atoms with Crippen LogP contribution in [0.3, 0.4) is 0 Å². The van der Waals surface area contributed by atoms with Crippen LogP contribution in [0.5, 0.6) is 0 Å². The van der Waals surface area contributed by atoms with Gasteiger partial charge in [0.05, 0.1) is 0 Å². The number of anilines is 1.